The average Bonchev–Trinajstić information content (AvgIpc) is 2.89. The molecule has 0 radical (unpaired) electrons. The average molecular weight is 256 g/mol. The lowest BCUT2D eigenvalue weighted by atomic mass is 10.2. The Morgan fingerprint density at radius 2 is 2.00 bits per heavy atom. The summed E-state index contributed by atoms with van der Waals surface area (Å²) < 4.78 is 18.2. The minimum Gasteiger partial charge on any atom is -0.384 e. The van der Waals surface area contributed by atoms with E-state index in [0.29, 0.717) is 28.7 Å². The normalized spacial score (nSPS) is 10.6. The number of halogens is 1. The summed E-state index contributed by atoms with van der Waals surface area (Å²) in [4.78, 5) is 8.14. The summed E-state index contributed by atoms with van der Waals surface area (Å²) in [5, 5.41) is 3.81. The molecule has 2 aromatic heterocycles. The first-order valence-electron chi connectivity index (χ1n) is 5.54. The van der Waals surface area contributed by atoms with Crippen LogP contribution in [0.2, 0.25) is 0 Å². The second-order valence-electron chi connectivity index (χ2n) is 3.91. The summed E-state index contributed by atoms with van der Waals surface area (Å²) in [5.74, 6) is 0.699. The molecular formula is C13H9FN4O. The molecule has 0 aliphatic heterocycles. The largest absolute Gasteiger partial charge is 0.384 e. The molecule has 0 aliphatic carbocycles. The lowest BCUT2D eigenvalue weighted by Gasteiger charge is -1.94. The van der Waals surface area contributed by atoms with Gasteiger partial charge in [0, 0.05) is 11.8 Å². The zero-order valence-electron chi connectivity index (χ0n) is 9.75. The molecule has 0 unspecified atom stereocenters. The summed E-state index contributed by atoms with van der Waals surface area (Å²) in [6, 6.07) is 9.36. The van der Waals surface area contributed by atoms with Gasteiger partial charge in [-0.1, -0.05) is 17.3 Å². The molecule has 0 saturated carbocycles. The van der Waals surface area contributed by atoms with Crippen LogP contribution < -0.4 is 5.73 Å². The highest BCUT2D eigenvalue weighted by Gasteiger charge is 2.11. The third-order valence-electron chi connectivity index (χ3n) is 2.54. The van der Waals surface area contributed by atoms with Crippen molar-refractivity contribution < 1.29 is 8.91 Å². The first-order chi connectivity index (χ1) is 9.22. The van der Waals surface area contributed by atoms with E-state index in [1.165, 1.54) is 18.3 Å². The van der Waals surface area contributed by atoms with Gasteiger partial charge in [-0.15, -0.1) is 0 Å². The van der Waals surface area contributed by atoms with Gasteiger partial charge in [-0.2, -0.15) is 4.98 Å². The van der Waals surface area contributed by atoms with Crippen LogP contribution in [-0.2, 0) is 0 Å². The molecule has 0 saturated heterocycles. The molecule has 2 N–H and O–H groups in total. The monoisotopic (exact) mass is 256 g/mol. The Morgan fingerprint density at radius 1 is 1.11 bits per heavy atom. The van der Waals surface area contributed by atoms with Crippen LogP contribution in [0.5, 0.6) is 0 Å². The molecular weight excluding hydrogens is 247 g/mol. The Bertz CT molecular complexity index is 709. The summed E-state index contributed by atoms with van der Waals surface area (Å²) in [6.07, 6.45) is 1.54. The van der Waals surface area contributed by atoms with Crippen LogP contribution in [0.1, 0.15) is 0 Å². The van der Waals surface area contributed by atoms with Gasteiger partial charge in [0.1, 0.15) is 11.6 Å². The molecule has 3 aromatic rings. The number of pyridine rings is 1. The van der Waals surface area contributed by atoms with Crippen LogP contribution in [-0.4, -0.2) is 15.1 Å². The van der Waals surface area contributed by atoms with Gasteiger partial charge in [0.2, 0.25) is 5.82 Å². The van der Waals surface area contributed by atoms with Crippen LogP contribution in [0.15, 0.2) is 47.1 Å². The molecule has 0 spiro atoms. The van der Waals surface area contributed by atoms with E-state index >= 15 is 0 Å². The Balaban J connectivity index is 1.97. The number of aromatic nitrogens is 3. The van der Waals surface area contributed by atoms with Gasteiger partial charge >= 0.3 is 0 Å². The van der Waals surface area contributed by atoms with Crippen molar-refractivity contribution in [3.63, 3.8) is 0 Å². The Hall–Kier alpha value is -2.76. The maximum Gasteiger partial charge on any atom is 0.259 e. The third-order valence-corrected chi connectivity index (χ3v) is 2.54. The summed E-state index contributed by atoms with van der Waals surface area (Å²) in [6.45, 7) is 0. The van der Waals surface area contributed by atoms with E-state index in [1.807, 2.05) is 0 Å². The number of nitrogen functional groups attached to an aromatic ring is 1. The lowest BCUT2D eigenvalue weighted by molar-refractivity contribution is 0.432. The Labute approximate surface area is 107 Å². The number of anilines is 1. The molecule has 0 bridgehead atoms. The van der Waals surface area contributed by atoms with Gasteiger partial charge in [-0.05, 0) is 24.3 Å². The van der Waals surface area contributed by atoms with Crippen molar-refractivity contribution in [3.05, 3.63) is 48.4 Å². The van der Waals surface area contributed by atoms with Crippen molar-refractivity contribution in [1.29, 1.82) is 0 Å². The second kappa shape index (κ2) is 4.49. The van der Waals surface area contributed by atoms with Crippen molar-refractivity contribution >= 4 is 5.82 Å². The molecule has 2 heterocycles. The first kappa shape index (κ1) is 11.3. The molecule has 0 atom stereocenters. The number of rotatable bonds is 2. The van der Waals surface area contributed by atoms with E-state index in [2.05, 4.69) is 15.1 Å². The van der Waals surface area contributed by atoms with Crippen molar-refractivity contribution in [2.45, 2.75) is 0 Å². The van der Waals surface area contributed by atoms with Gasteiger partial charge in [0.25, 0.3) is 5.89 Å². The van der Waals surface area contributed by atoms with E-state index in [1.54, 1.807) is 24.3 Å². The maximum atomic E-state index is 13.1. The van der Waals surface area contributed by atoms with Crippen molar-refractivity contribution in [2.24, 2.45) is 0 Å². The van der Waals surface area contributed by atoms with Gasteiger partial charge in [0.15, 0.2) is 0 Å². The molecule has 0 aliphatic rings. The van der Waals surface area contributed by atoms with Gasteiger partial charge in [-0.3, -0.25) is 0 Å². The lowest BCUT2D eigenvalue weighted by Crippen LogP contribution is -1.89. The third kappa shape index (κ3) is 2.28. The smallest absolute Gasteiger partial charge is 0.259 e. The molecule has 3 rings (SSSR count). The molecule has 0 amide bonds. The standard InChI is InChI=1S/C13H9FN4O/c14-10-3-1-2-8(6-10)12-17-13(19-18-12)9-4-5-11(15)16-7-9/h1-7H,(H2,15,16). The van der Waals surface area contributed by atoms with Crippen LogP contribution in [0.25, 0.3) is 22.8 Å². The predicted molar refractivity (Wildman–Crippen MR) is 67.3 cm³/mol. The highest BCUT2D eigenvalue weighted by molar-refractivity contribution is 5.59. The van der Waals surface area contributed by atoms with E-state index in [0.717, 1.165) is 0 Å². The molecule has 6 heteroatoms. The van der Waals surface area contributed by atoms with E-state index in [9.17, 15) is 4.39 Å². The zero-order valence-corrected chi connectivity index (χ0v) is 9.75. The minimum absolute atomic E-state index is 0.312. The molecule has 5 nitrogen and oxygen atoms in total. The van der Waals surface area contributed by atoms with Crippen molar-refractivity contribution in [1.82, 2.24) is 15.1 Å². The first-order valence-corrected chi connectivity index (χ1v) is 5.54. The Kier molecular flexibility index (Phi) is 2.68. The van der Waals surface area contributed by atoms with Crippen molar-refractivity contribution in [2.75, 3.05) is 5.73 Å². The minimum atomic E-state index is -0.349. The number of hydrogen-bond donors (Lipinski definition) is 1. The predicted octanol–water partition coefficient (Wildman–Crippen LogP) is 2.52. The SMILES string of the molecule is Nc1ccc(-c2nc(-c3cccc(F)c3)no2)cn1. The molecule has 19 heavy (non-hydrogen) atoms. The van der Waals surface area contributed by atoms with E-state index in [4.69, 9.17) is 10.3 Å². The maximum absolute atomic E-state index is 13.1. The van der Waals surface area contributed by atoms with Crippen LogP contribution >= 0.6 is 0 Å². The fraction of sp³-hybridized carbons (Fsp3) is 0. The fourth-order valence-corrected chi connectivity index (χ4v) is 1.62. The van der Waals surface area contributed by atoms with Gasteiger partial charge < -0.3 is 10.3 Å². The number of nitrogens with zero attached hydrogens (tertiary/aromatic N) is 3. The molecule has 1 aromatic carbocycles. The van der Waals surface area contributed by atoms with Crippen LogP contribution in [0, 0.1) is 5.82 Å². The molecule has 94 valence electrons. The number of nitrogens with two attached hydrogens (primary N) is 1. The van der Waals surface area contributed by atoms with E-state index < -0.39 is 0 Å². The quantitative estimate of drug-likeness (QED) is 0.762. The van der Waals surface area contributed by atoms with Gasteiger partial charge in [-0.25, -0.2) is 9.37 Å². The van der Waals surface area contributed by atoms with Crippen LogP contribution in [0.3, 0.4) is 0 Å². The fourth-order valence-electron chi connectivity index (χ4n) is 1.62. The highest BCUT2D eigenvalue weighted by atomic mass is 19.1. The Morgan fingerprint density at radius 3 is 2.74 bits per heavy atom. The number of benzene rings is 1. The number of hydrogen-bond acceptors (Lipinski definition) is 5. The van der Waals surface area contributed by atoms with E-state index in [-0.39, 0.29) is 5.82 Å². The zero-order chi connectivity index (χ0) is 13.2. The highest BCUT2D eigenvalue weighted by Crippen LogP contribution is 2.22. The summed E-state index contributed by atoms with van der Waals surface area (Å²) >= 11 is 0. The van der Waals surface area contributed by atoms with Gasteiger partial charge in [0.05, 0.1) is 5.56 Å². The second-order valence-corrected chi connectivity index (χ2v) is 3.91. The van der Waals surface area contributed by atoms with Crippen LogP contribution in [0.4, 0.5) is 10.2 Å². The summed E-state index contributed by atoms with van der Waals surface area (Å²) in [5.41, 5.74) is 6.71. The topological polar surface area (TPSA) is 77.8 Å². The summed E-state index contributed by atoms with van der Waals surface area (Å²) in [7, 11) is 0. The van der Waals surface area contributed by atoms with Crippen molar-refractivity contribution in [3.8, 4) is 22.8 Å². The molecule has 0 fully saturated rings.